The smallest absolute Gasteiger partial charge is 0.317 e. The Morgan fingerprint density at radius 2 is 1.94 bits per heavy atom. The lowest BCUT2D eigenvalue weighted by Gasteiger charge is -2.24. The van der Waals surface area contributed by atoms with E-state index < -0.39 is 11.9 Å². The lowest BCUT2D eigenvalue weighted by molar-refractivity contribution is -0.142. The van der Waals surface area contributed by atoms with Crippen LogP contribution in [-0.4, -0.2) is 41.1 Å². The van der Waals surface area contributed by atoms with Crippen LogP contribution in [0.1, 0.15) is 39.0 Å². The molecule has 2 unspecified atom stereocenters. The average Bonchev–Trinajstić information content (AvgIpc) is 2.94. The molecule has 0 aromatic heterocycles. The van der Waals surface area contributed by atoms with E-state index in [-0.39, 0.29) is 12.1 Å². The van der Waals surface area contributed by atoms with Crippen molar-refractivity contribution in [2.24, 2.45) is 11.8 Å². The molecule has 1 aliphatic heterocycles. The molecule has 1 aliphatic carbocycles. The molecule has 0 bridgehead atoms. The second kappa shape index (κ2) is 5.59. The number of hydrogen-bond acceptors (Lipinski definition) is 2. The van der Waals surface area contributed by atoms with Crippen LogP contribution in [0.25, 0.3) is 0 Å². The minimum atomic E-state index is -0.798. The van der Waals surface area contributed by atoms with Crippen molar-refractivity contribution in [3.63, 3.8) is 0 Å². The summed E-state index contributed by atoms with van der Waals surface area (Å²) < 4.78 is 0. The molecule has 0 radical (unpaired) electrons. The van der Waals surface area contributed by atoms with Gasteiger partial charge in [-0.3, -0.25) is 4.79 Å². The van der Waals surface area contributed by atoms with E-state index in [2.05, 4.69) is 5.32 Å². The van der Waals surface area contributed by atoms with Gasteiger partial charge in [0.1, 0.15) is 0 Å². The Morgan fingerprint density at radius 1 is 1.28 bits per heavy atom. The summed E-state index contributed by atoms with van der Waals surface area (Å²) in [6.45, 7) is 3.11. The number of carboxylic acids is 1. The summed E-state index contributed by atoms with van der Waals surface area (Å²) >= 11 is 0. The highest BCUT2D eigenvalue weighted by atomic mass is 16.4. The van der Waals surface area contributed by atoms with Gasteiger partial charge in [0.05, 0.1) is 5.92 Å². The maximum absolute atomic E-state index is 12.0. The van der Waals surface area contributed by atoms with Crippen LogP contribution in [0.3, 0.4) is 0 Å². The molecule has 2 atom stereocenters. The standard InChI is InChI=1S/C13H22N2O3/c1-9-11(12(16)17)6-7-15(9)13(18)14-8-10-4-2-3-5-10/h9-11H,2-8H2,1H3,(H,14,18)(H,16,17). The van der Waals surface area contributed by atoms with Gasteiger partial charge in [-0.05, 0) is 32.1 Å². The summed E-state index contributed by atoms with van der Waals surface area (Å²) in [6, 6.07) is -0.302. The predicted molar refractivity (Wildman–Crippen MR) is 67.3 cm³/mol. The van der Waals surface area contributed by atoms with E-state index in [4.69, 9.17) is 5.11 Å². The second-order valence-electron chi connectivity index (χ2n) is 5.50. The van der Waals surface area contributed by atoms with Crippen molar-refractivity contribution in [3.05, 3.63) is 0 Å². The van der Waals surface area contributed by atoms with E-state index in [1.807, 2.05) is 6.92 Å². The molecular weight excluding hydrogens is 232 g/mol. The first-order valence-electron chi connectivity index (χ1n) is 6.87. The molecule has 2 aliphatic rings. The van der Waals surface area contributed by atoms with Gasteiger partial charge in [0.25, 0.3) is 0 Å². The minimum absolute atomic E-state index is 0.0989. The number of nitrogens with one attached hydrogen (secondary N) is 1. The van der Waals surface area contributed by atoms with Crippen molar-refractivity contribution in [1.82, 2.24) is 10.2 Å². The van der Waals surface area contributed by atoms with Crippen molar-refractivity contribution in [2.45, 2.75) is 45.1 Å². The topological polar surface area (TPSA) is 69.6 Å². The molecular formula is C13H22N2O3. The first kappa shape index (κ1) is 13.2. The molecule has 2 rings (SSSR count). The van der Waals surface area contributed by atoms with Crippen LogP contribution in [-0.2, 0) is 4.79 Å². The third kappa shape index (κ3) is 2.76. The zero-order chi connectivity index (χ0) is 13.1. The molecule has 18 heavy (non-hydrogen) atoms. The normalized spacial score (nSPS) is 28.6. The van der Waals surface area contributed by atoms with Crippen molar-refractivity contribution in [2.75, 3.05) is 13.1 Å². The lowest BCUT2D eigenvalue weighted by Crippen LogP contribution is -2.45. The van der Waals surface area contributed by atoms with Crippen LogP contribution in [0.2, 0.25) is 0 Å². The number of rotatable bonds is 3. The highest BCUT2D eigenvalue weighted by Gasteiger charge is 2.38. The number of aliphatic carboxylic acids is 1. The number of carbonyl (C=O) groups is 2. The zero-order valence-electron chi connectivity index (χ0n) is 10.9. The van der Waals surface area contributed by atoms with Gasteiger partial charge in [-0.15, -0.1) is 0 Å². The van der Waals surface area contributed by atoms with Gasteiger partial charge < -0.3 is 15.3 Å². The summed E-state index contributed by atoms with van der Waals surface area (Å²) in [7, 11) is 0. The third-order valence-electron chi connectivity index (χ3n) is 4.35. The maximum atomic E-state index is 12.0. The van der Waals surface area contributed by atoms with Crippen LogP contribution in [0, 0.1) is 11.8 Å². The fourth-order valence-corrected chi connectivity index (χ4v) is 3.10. The number of nitrogens with zero attached hydrogens (tertiary/aromatic N) is 1. The quantitative estimate of drug-likeness (QED) is 0.805. The molecule has 2 fully saturated rings. The Bertz CT molecular complexity index is 326. The maximum Gasteiger partial charge on any atom is 0.317 e. The zero-order valence-corrected chi connectivity index (χ0v) is 10.9. The number of hydrogen-bond donors (Lipinski definition) is 2. The Kier molecular flexibility index (Phi) is 4.09. The van der Waals surface area contributed by atoms with E-state index in [1.54, 1.807) is 4.90 Å². The van der Waals surface area contributed by atoms with Crippen LogP contribution in [0.4, 0.5) is 4.79 Å². The highest BCUT2D eigenvalue weighted by molar-refractivity contribution is 5.78. The number of carbonyl (C=O) groups excluding carboxylic acids is 1. The van der Waals surface area contributed by atoms with Crippen molar-refractivity contribution in [3.8, 4) is 0 Å². The largest absolute Gasteiger partial charge is 0.481 e. The summed E-state index contributed by atoms with van der Waals surface area (Å²) in [6.07, 6.45) is 5.50. The number of likely N-dealkylation sites (tertiary alicyclic amines) is 1. The van der Waals surface area contributed by atoms with Crippen LogP contribution >= 0.6 is 0 Å². The average molecular weight is 254 g/mol. The van der Waals surface area contributed by atoms with Gasteiger partial charge in [-0.1, -0.05) is 12.8 Å². The Morgan fingerprint density at radius 3 is 2.50 bits per heavy atom. The van der Waals surface area contributed by atoms with Crippen molar-refractivity contribution in [1.29, 1.82) is 0 Å². The molecule has 0 aromatic rings. The van der Waals surface area contributed by atoms with Crippen molar-refractivity contribution >= 4 is 12.0 Å². The van der Waals surface area contributed by atoms with E-state index in [0.29, 0.717) is 18.9 Å². The molecule has 2 amide bonds. The van der Waals surface area contributed by atoms with Crippen molar-refractivity contribution < 1.29 is 14.7 Å². The SMILES string of the molecule is CC1C(C(=O)O)CCN1C(=O)NCC1CCCC1. The first-order valence-corrected chi connectivity index (χ1v) is 6.87. The van der Waals surface area contributed by atoms with E-state index in [0.717, 1.165) is 6.54 Å². The Balaban J connectivity index is 1.80. The first-order chi connectivity index (χ1) is 8.59. The molecule has 5 heteroatoms. The molecule has 0 aromatic carbocycles. The molecule has 1 heterocycles. The van der Waals surface area contributed by atoms with Gasteiger partial charge in [-0.25, -0.2) is 4.79 Å². The second-order valence-corrected chi connectivity index (χ2v) is 5.50. The molecule has 1 saturated heterocycles. The van der Waals surface area contributed by atoms with E-state index in [9.17, 15) is 9.59 Å². The fourth-order valence-electron chi connectivity index (χ4n) is 3.10. The van der Waals surface area contributed by atoms with Crippen LogP contribution in [0.5, 0.6) is 0 Å². The summed E-state index contributed by atoms with van der Waals surface area (Å²) in [4.78, 5) is 24.7. The minimum Gasteiger partial charge on any atom is -0.481 e. The number of urea groups is 1. The van der Waals surface area contributed by atoms with Crippen LogP contribution in [0.15, 0.2) is 0 Å². The lowest BCUT2D eigenvalue weighted by atomic mass is 10.0. The van der Waals surface area contributed by atoms with Crippen LogP contribution < -0.4 is 5.32 Å². The van der Waals surface area contributed by atoms with Gasteiger partial charge in [0, 0.05) is 19.1 Å². The fraction of sp³-hybridized carbons (Fsp3) is 0.846. The molecule has 5 nitrogen and oxygen atoms in total. The Hall–Kier alpha value is -1.26. The van der Waals surface area contributed by atoms with Gasteiger partial charge in [0.15, 0.2) is 0 Å². The van der Waals surface area contributed by atoms with E-state index >= 15 is 0 Å². The summed E-state index contributed by atoms with van der Waals surface area (Å²) in [5, 5.41) is 12.0. The Labute approximate surface area is 108 Å². The predicted octanol–water partition coefficient (Wildman–Crippen LogP) is 1.68. The van der Waals surface area contributed by atoms with Gasteiger partial charge >= 0.3 is 12.0 Å². The monoisotopic (exact) mass is 254 g/mol. The summed E-state index contributed by atoms with van der Waals surface area (Å²) in [5.41, 5.74) is 0. The van der Waals surface area contributed by atoms with Gasteiger partial charge in [-0.2, -0.15) is 0 Å². The third-order valence-corrected chi connectivity index (χ3v) is 4.35. The van der Waals surface area contributed by atoms with E-state index in [1.165, 1.54) is 25.7 Å². The molecule has 0 spiro atoms. The highest BCUT2D eigenvalue weighted by Crippen LogP contribution is 2.26. The molecule has 1 saturated carbocycles. The molecule has 2 N–H and O–H groups in total. The van der Waals surface area contributed by atoms with Gasteiger partial charge in [0.2, 0.25) is 0 Å². The number of amides is 2. The summed E-state index contributed by atoms with van der Waals surface area (Å²) in [5.74, 6) is -0.599. The molecule has 102 valence electrons. The number of carboxylic acid groups (broad SMARTS) is 1.